The summed E-state index contributed by atoms with van der Waals surface area (Å²) in [4.78, 5) is 26.1. The van der Waals surface area contributed by atoms with Gasteiger partial charge in [-0.25, -0.2) is 19.6 Å². The van der Waals surface area contributed by atoms with E-state index in [-0.39, 0.29) is 31.0 Å². The first-order chi connectivity index (χ1) is 19.8. The molecular formula is C28H36N7O5P. The highest BCUT2D eigenvalue weighted by molar-refractivity contribution is 7.44. The van der Waals surface area contributed by atoms with E-state index in [4.69, 9.17) is 23.8 Å². The van der Waals surface area contributed by atoms with Crippen molar-refractivity contribution < 1.29 is 23.3 Å². The molecule has 0 aliphatic carbocycles. The normalized spacial score (nSPS) is 24.4. The van der Waals surface area contributed by atoms with Crippen molar-refractivity contribution in [2.75, 3.05) is 18.5 Å². The van der Waals surface area contributed by atoms with Crippen LogP contribution in [0.25, 0.3) is 11.2 Å². The van der Waals surface area contributed by atoms with Crippen LogP contribution in [0.5, 0.6) is 0 Å². The van der Waals surface area contributed by atoms with Crippen molar-refractivity contribution in [3.05, 3.63) is 48.5 Å². The minimum absolute atomic E-state index is 0.163. The molecule has 2 fully saturated rings. The molecule has 5 atom stereocenters. The Morgan fingerprint density at radius 1 is 1.24 bits per heavy atom. The summed E-state index contributed by atoms with van der Waals surface area (Å²) in [6, 6.07) is 11.4. The maximum absolute atomic E-state index is 12.8. The van der Waals surface area contributed by atoms with E-state index in [2.05, 4.69) is 65.6 Å². The zero-order valence-corrected chi connectivity index (χ0v) is 24.8. The Kier molecular flexibility index (Phi) is 8.94. The molecule has 4 heterocycles. The second-order valence-electron chi connectivity index (χ2n) is 10.6. The largest absolute Gasteiger partial charge is 0.368 e. The second kappa shape index (κ2) is 12.4. The minimum Gasteiger partial charge on any atom is -0.368 e. The highest BCUT2D eigenvalue weighted by atomic mass is 31.2. The lowest BCUT2D eigenvalue weighted by Gasteiger charge is -2.38. The molecule has 2 saturated heterocycles. The number of aromatic nitrogens is 4. The molecule has 2 aromatic heterocycles. The van der Waals surface area contributed by atoms with E-state index in [0.29, 0.717) is 35.6 Å². The van der Waals surface area contributed by atoms with E-state index in [1.54, 1.807) is 30.6 Å². The number of imidazole rings is 1. The van der Waals surface area contributed by atoms with Crippen molar-refractivity contribution in [1.29, 1.82) is 5.26 Å². The molecule has 2 bridgehead atoms. The van der Waals surface area contributed by atoms with Crippen LogP contribution < -0.4 is 5.32 Å². The Morgan fingerprint density at radius 2 is 2.00 bits per heavy atom. The van der Waals surface area contributed by atoms with Crippen LogP contribution in [0.4, 0.5) is 5.82 Å². The summed E-state index contributed by atoms with van der Waals surface area (Å²) in [6.45, 7) is 11.1. The number of nitriles is 1. The number of ether oxygens (including phenoxy) is 2. The molecule has 218 valence electrons. The van der Waals surface area contributed by atoms with E-state index >= 15 is 0 Å². The predicted octanol–water partition coefficient (Wildman–Crippen LogP) is 4.82. The third kappa shape index (κ3) is 5.71. The molecule has 1 aromatic carbocycles. The fourth-order valence-corrected chi connectivity index (χ4v) is 7.21. The average Bonchev–Trinajstić information content (AvgIpc) is 3.63. The molecule has 13 heteroatoms. The summed E-state index contributed by atoms with van der Waals surface area (Å²) in [5.41, 5.74) is 0.771. The third-order valence-electron chi connectivity index (χ3n) is 7.34. The molecule has 0 saturated carbocycles. The monoisotopic (exact) mass is 581 g/mol. The number of fused-ring (bicyclic) bond motifs is 3. The van der Waals surface area contributed by atoms with Gasteiger partial charge >= 0.3 is 0 Å². The lowest BCUT2D eigenvalue weighted by atomic mass is 9.96. The van der Waals surface area contributed by atoms with Gasteiger partial charge in [0.2, 0.25) is 0 Å². The first-order valence-corrected chi connectivity index (χ1v) is 15.0. The van der Waals surface area contributed by atoms with E-state index in [9.17, 15) is 4.79 Å². The molecule has 41 heavy (non-hydrogen) atoms. The third-order valence-corrected chi connectivity index (χ3v) is 9.45. The molecule has 0 spiro atoms. The lowest BCUT2D eigenvalue weighted by Crippen LogP contribution is -2.42. The van der Waals surface area contributed by atoms with Gasteiger partial charge in [0.1, 0.15) is 24.1 Å². The van der Waals surface area contributed by atoms with Crippen LogP contribution in [0.15, 0.2) is 43.0 Å². The van der Waals surface area contributed by atoms with E-state index in [1.165, 1.54) is 6.33 Å². The van der Waals surface area contributed by atoms with E-state index in [1.807, 2.05) is 10.6 Å². The first kappa shape index (κ1) is 29.5. The summed E-state index contributed by atoms with van der Waals surface area (Å²) in [7, 11) is -1.50. The first-order valence-electron chi connectivity index (χ1n) is 13.9. The number of carbonyl (C=O) groups excluding carboxylic acids is 1. The van der Waals surface area contributed by atoms with Gasteiger partial charge in [0.25, 0.3) is 14.4 Å². The number of carbonyl (C=O) groups is 1. The number of rotatable bonds is 12. The van der Waals surface area contributed by atoms with Crippen molar-refractivity contribution in [1.82, 2.24) is 24.2 Å². The van der Waals surface area contributed by atoms with Gasteiger partial charge in [-0.15, -0.1) is 0 Å². The zero-order valence-electron chi connectivity index (χ0n) is 23.9. The topological polar surface area (TPSA) is 137 Å². The summed E-state index contributed by atoms with van der Waals surface area (Å²) in [5, 5.41) is 11.9. The number of benzene rings is 1. The van der Waals surface area contributed by atoms with Crippen molar-refractivity contribution in [3.8, 4) is 6.07 Å². The number of hydrogen-bond donors (Lipinski definition) is 1. The molecule has 12 nitrogen and oxygen atoms in total. The summed E-state index contributed by atoms with van der Waals surface area (Å²) in [5.74, 6) is 0.0197. The molecule has 2 aliphatic heterocycles. The van der Waals surface area contributed by atoms with Gasteiger partial charge in [0, 0.05) is 17.6 Å². The molecule has 1 unspecified atom stereocenters. The number of amides is 1. The van der Waals surface area contributed by atoms with Gasteiger partial charge in [0.15, 0.2) is 23.2 Å². The number of anilines is 1. The molecule has 0 radical (unpaired) electrons. The quantitative estimate of drug-likeness (QED) is 0.234. The van der Waals surface area contributed by atoms with Gasteiger partial charge in [0.05, 0.1) is 32.0 Å². The molecular weight excluding hydrogens is 545 g/mol. The Morgan fingerprint density at radius 3 is 2.68 bits per heavy atom. The highest BCUT2D eigenvalue weighted by Crippen LogP contribution is 2.56. The zero-order chi connectivity index (χ0) is 29.1. The summed E-state index contributed by atoms with van der Waals surface area (Å²) < 4.78 is 30.0. The Balaban J connectivity index is 1.42. The Bertz CT molecular complexity index is 1390. The molecule has 3 aromatic rings. The van der Waals surface area contributed by atoms with Gasteiger partial charge in [-0.05, 0) is 46.2 Å². The lowest BCUT2D eigenvalue weighted by molar-refractivity contribution is -0.172. The van der Waals surface area contributed by atoms with Crippen LogP contribution in [0, 0.1) is 11.3 Å². The number of hydrogen-bond acceptors (Lipinski definition) is 10. The van der Waals surface area contributed by atoms with Gasteiger partial charge in [-0.1, -0.05) is 25.1 Å². The molecule has 1 amide bonds. The number of nitrogens with one attached hydrogen (secondary N) is 1. The molecule has 1 N–H and O–H groups in total. The standard InChI is InChI=1S/C28H36N7O5P/c1-6-28-15-37-22(23(28)40-41(38-14-10-13-29)35(18(2)3)19(4)5)27(39-28)34-17-32-21-24(30-16-31-25(21)34)33-26(36)20-11-8-7-9-12-20/h7-9,11-12,16-19,22-23,27H,6,10,14-15H2,1-5H3,(H,30,31,33,36)/t22-,23+,27-,28+,41?/m1/s1. The van der Waals surface area contributed by atoms with Gasteiger partial charge in [-0.3, -0.25) is 9.36 Å². The Hall–Kier alpha value is -3.04. The molecule has 5 rings (SSSR count). The fraction of sp³-hybridized carbons (Fsp3) is 0.536. The van der Waals surface area contributed by atoms with Crippen LogP contribution in [0.3, 0.4) is 0 Å². The van der Waals surface area contributed by atoms with E-state index < -0.39 is 32.6 Å². The second-order valence-corrected chi connectivity index (χ2v) is 12.0. The summed E-state index contributed by atoms with van der Waals surface area (Å²) in [6.07, 6.45) is 2.54. The van der Waals surface area contributed by atoms with Crippen molar-refractivity contribution >= 4 is 31.4 Å². The predicted molar refractivity (Wildman–Crippen MR) is 153 cm³/mol. The fourth-order valence-electron chi connectivity index (χ4n) is 5.39. The van der Waals surface area contributed by atoms with Crippen LogP contribution in [-0.2, 0) is 18.5 Å². The Labute approximate surface area is 240 Å². The van der Waals surface area contributed by atoms with Crippen molar-refractivity contribution in [2.24, 2.45) is 0 Å². The smallest absolute Gasteiger partial charge is 0.259 e. The van der Waals surface area contributed by atoms with Crippen LogP contribution in [-0.4, -0.2) is 73.2 Å². The number of nitrogens with zero attached hydrogens (tertiary/aromatic N) is 6. The average molecular weight is 582 g/mol. The van der Waals surface area contributed by atoms with Gasteiger partial charge in [-0.2, -0.15) is 5.26 Å². The minimum atomic E-state index is -1.50. The SMILES string of the molecule is CC[C@@]12CO[C@@H]([C@H](n3cnc4c(NC(=O)c5ccccc5)ncnc43)O1)[C@@H]2OP(OCCC#N)N(C(C)C)C(C)C. The summed E-state index contributed by atoms with van der Waals surface area (Å²) >= 11 is 0. The molecule has 2 aliphatic rings. The van der Waals surface area contributed by atoms with Crippen molar-refractivity contribution in [2.45, 2.75) is 83.6 Å². The van der Waals surface area contributed by atoms with Crippen LogP contribution >= 0.6 is 8.53 Å². The van der Waals surface area contributed by atoms with E-state index in [0.717, 1.165) is 0 Å². The van der Waals surface area contributed by atoms with Crippen LogP contribution in [0.2, 0.25) is 0 Å². The maximum atomic E-state index is 12.8. The maximum Gasteiger partial charge on any atom is 0.259 e. The highest BCUT2D eigenvalue weighted by Gasteiger charge is 2.63. The van der Waals surface area contributed by atoms with Crippen molar-refractivity contribution in [3.63, 3.8) is 0 Å². The van der Waals surface area contributed by atoms with Gasteiger partial charge < -0.3 is 23.8 Å². The van der Waals surface area contributed by atoms with Crippen LogP contribution in [0.1, 0.15) is 64.0 Å².